The van der Waals surface area contributed by atoms with Gasteiger partial charge in [-0.25, -0.2) is 0 Å². The summed E-state index contributed by atoms with van der Waals surface area (Å²) < 4.78 is 0. The molecule has 0 saturated carbocycles. The molecule has 0 N–H and O–H groups in total. The second-order valence-electron chi connectivity index (χ2n) is 14.3. The van der Waals surface area contributed by atoms with Crippen LogP contribution in [0.1, 0.15) is 64.2 Å². The highest BCUT2D eigenvalue weighted by Crippen LogP contribution is 2.44. The quantitative estimate of drug-likeness (QED) is 0.321. The lowest BCUT2D eigenvalue weighted by Crippen LogP contribution is -2.38. The molecule has 0 aliphatic heterocycles. The van der Waals surface area contributed by atoms with E-state index in [2.05, 4.69) is 134 Å². The minimum absolute atomic E-state index is 0.329. The summed E-state index contributed by atoms with van der Waals surface area (Å²) in [7, 11) is 0. The molecular formula is C48H44. The number of benzene rings is 2. The zero-order valence-corrected chi connectivity index (χ0v) is 27.9. The highest BCUT2D eigenvalue weighted by Gasteiger charge is 2.33. The van der Waals surface area contributed by atoms with Crippen molar-refractivity contribution >= 4 is 23.3 Å². The monoisotopic (exact) mass is 620 g/mol. The maximum atomic E-state index is 2.57. The van der Waals surface area contributed by atoms with Gasteiger partial charge in [-0.2, -0.15) is 0 Å². The van der Waals surface area contributed by atoms with Crippen molar-refractivity contribution < 1.29 is 0 Å². The van der Waals surface area contributed by atoms with Crippen LogP contribution in [-0.2, 0) is 0 Å². The molecule has 2 aromatic carbocycles. The summed E-state index contributed by atoms with van der Waals surface area (Å²) in [6.07, 6.45) is 45.2. The van der Waals surface area contributed by atoms with Crippen molar-refractivity contribution in [3.05, 3.63) is 187 Å². The molecule has 0 spiro atoms. The maximum absolute atomic E-state index is 2.57. The average molecular weight is 621 g/mol. The van der Waals surface area contributed by atoms with Gasteiger partial charge in [-0.05, 0) is 141 Å². The largest absolute Gasteiger partial charge is 0.0839 e. The molecule has 0 nitrogen and oxygen atoms in total. The van der Waals surface area contributed by atoms with Gasteiger partial charge >= 0.3 is 0 Å². The molecule has 2 atom stereocenters. The van der Waals surface area contributed by atoms with Gasteiger partial charge in [-0.15, -0.1) is 0 Å². The van der Waals surface area contributed by atoms with Crippen LogP contribution < -0.4 is 20.9 Å². The van der Waals surface area contributed by atoms with Crippen LogP contribution in [0, 0.1) is 11.8 Å². The normalized spacial score (nSPS) is 24.5. The molecule has 0 heteroatoms. The van der Waals surface area contributed by atoms with Crippen LogP contribution in [0.15, 0.2) is 166 Å². The first-order valence-electron chi connectivity index (χ1n) is 18.3. The van der Waals surface area contributed by atoms with E-state index in [1.54, 1.807) is 33.4 Å². The molecule has 0 radical (unpaired) electrons. The molecular weight excluding hydrogens is 577 g/mol. The summed E-state index contributed by atoms with van der Waals surface area (Å²) in [4.78, 5) is 0. The third kappa shape index (κ3) is 5.42. The number of fused-ring (bicyclic) bond motifs is 3. The van der Waals surface area contributed by atoms with E-state index in [1.807, 2.05) is 0 Å². The fraction of sp³-hybridized carbons (Fsp3) is 0.250. The molecule has 7 aliphatic carbocycles. The lowest BCUT2D eigenvalue weighted by Gasteiger charge is -2.35. The van der Waals surface area contributed by atoms with Gasteiger partial charge in [0, 0.05) is 11.8 Å². The van der Waals surface area contributed by atoms with Gasteiger partial charge in [0.25, 0.3) is 0 Å². The Balaban J connectivity index is 1.11. The molecule has 0 heterocycles. The van der Waals surface area contributed by atoms with Gasteiger partial charge in [0.1, 0.15) is 0 Å². The minimum atomic E-state index is 0.329. The Kier molecular flexibility index (Phi) is 7.82. The molecule has 48 heavy (non-hydrogen) atoms. The molecule has 0 saturated heterocycles. The summed E-state index contributed by atoms with van der Waals surface area (Å²) in [5, 5.41) is 5.59. The molecule has 236 valence electrons. The van der Waals surface area contributed by atoms with Crippen molar-refractivity contribution in [2.24, 2.45) is 11.8 Å². The molecule has 0 fully saturated rings. The lowest BCUT2D eigenvalue weighted by atomic mass is 9.68. The van der Waals surface area contributed by atoms with E-state index >= 15 is 0 Å². The lowest BCUT2D eigenvalue weighted by molar-refractivity contribution is 0.662. The zero-order valence-electron chi connectivity index (χ0n) is 27.9. The fourth-order valence-electron chi connectivity index (χ4n) is 9.21. The van der Waals surface area contributed by atoms with Crippen LogP contribution in [-0.4, -0.2) is 0 Å². The molecule has 7 aliphatic rings. The number of hydrogen-bond acceptors (Lipinski definition) is 0. The van der Waals surface area contributed by atoms with E-state index < -0.39 is 0 Å². The Hall–Kier alpha value is -4.68. The van der Waals surface area contributed by atoms with E-state index in [0.717, 1.165) is 44.9 Å². The first-order valence-corrected chi connectivity index (χ1v) is 18.3. The molecule has 2 unspecified atom stereocenters. The van der Waals surface area contributed by atoms with E-state index in [-0.39, 0.29) is 0 Å². The highest BCUT2D eigenvalue weighted by molar-refractivity contribution is 5.76. The van der Waals surface area contributed by atoms with Gasteiger partial charge in [0.2, 0.25) is 0 Å². The number of allylic oxidation sites excluding steroid dienone is 20. The summed E-state index contributed by atoms with van der Waals surface area (Å²) in [5.41, 5.74) is 15.3. The van der Waals surface area contributed by atoms with Crippen molar-refractivity contribution in [2.75, 3.05) is 0 Å². The van der Waals surface area contributed by atoms with E-state index in [0.29, 0.717) is 11.8 Å². The topological polar surface area (TPSA) is 0 Å². The maximum Gasteiger partial charge on any atom is 0.0134 e. The van der Waals surface area contributed by atoms with E-state index in [9.17, 15) is 0 Å². The van der Waals surface area contributed by atoms with Crippen LogP contribution in [0.5, 0.6) is 0 Å². The van der Waals surface area contributed by atoms with Crippen LogP contribution in [0.4, 0.5) is 0 Å². The molecule has 9 rings (SSSR count). The molecule has 0 aromatic heterocycles. The zero-order chi connectivity index (χ0) is 31.9. The Labute approximate surface area is 285 Å². The van der Waals surface area contributed by atoms with E-state index in [4.69, 9.17) is 0 Å². The highest BCUT2D eigenvalue weighted by atomic mass is 14.4. The summed E-state index contributed by atoms with van der Waals surface area (Å²) >= 11 is 0. The standard InChI is InChI=1S/C48H44/c1-3-16-37-30-40(28-24-33(37)12-1)44-20-9-6-15-36(27-26-35-14-5-8-19-42(35)44)43-22-11-23-46-47(43)32-39-18-7-10-21-45(39)48(46)41-29-25-34-13-2-4-17-38(34)31-41/h1-2,5-15,18-19,21-23,26,30-32,46-47H,3-4,16-17,20,24-25,27-29H2. The Morgan fingerprint density at radius 1 is 0.521 bits per heavy atom. The van der Waals surface area contributed by atoms with Crippen LogP contribution in [0.3, 0.4) is 0 Å². The molecule has 0 bridgehead atoms. The summed E-state index contributed by atoms with van der Waals surface area (Å²) in [6.45, 7) is 0. The second kappa shape index (κ2) is 12.7. The second-order valence-corrected chi connectivity index (χ2v) is 14.3. The van der Waals surface area contributed by atoms with Crippen LogP contribution in [0.25, 0.3) is 23.3 Å². The van der Waals surface area contributed by atoms with Crippen LogP contribution >= 0.6 is 0 Å². The van der Waals surface area contributed by atoms with Gasteiger partial charge in [0.15, 0.2) is 0 Å². The van der Waals surface area contributed by atoms with Gasteiger partial charge in [-0.1, -0.05) is 134 Å². The Morgan fingerprint density at radius 2 is 1.23 bits per heavy atom. The first kappa shape index (κ1) is 29.5. The van der Waals surface area contributed by atoms with Crippen molar-refractivity contribution in [2.45, 2.75) is 64.2 Å². The van der Waals surface area contributed by atoms with E-state index in [1.165, 1.54) is 62.4 Å². The van der Waals surface area contributed by atoms with Gasteiger partial charge in [0.05, 0.1) is 0 Å². The number of hydrogen-bond donors (Lipinski definition) is 0. The Morgan fingerprint density at radius 3 is 2.04 bits per heavy atom. The molecule has 2 aromatic rings. The third-order valence-corrected chi connectivity index (χ3v) is 11.6. The third-order valence-electron chi connectivity index (χ3n) is 11.6. The van der Waals surface area contributed by atoms with Crippen molar-refractivity contribution in [1.29, 1.82) is 0 Å². The predicted molar refractivity (Wildman–Crippen MR) is 203 cm³/mol. The Bertz CT molecular complexity index is 2270. The van der Waals surface area contributed by atoms with Crippen molar-refractivity contribution in [3.8, 4) is 0 Å². The summed E-state index contributed by atoms with van der Waals surface area (Å²) in [5.74, 6) is 0.683. The van der Waals surface area contributed by atoms with Gasteiger partial charge < -0.3 is 0 Å². The smallest absolute Gasteiger partial charge is 0.0134 e. The number of rotatable bonds is 3. The van der Waals surface area contributed by atoms with Crippen molar-refractivity contribution in [3.63, 3.8) is 0 Å². The van der Waals surface area contributed by atoms with Crippen molar-refractivity contribution in [1.82, 2.24) is 0 Å². The molecule has 0 amide bonds. The van der Waals surface area contributed by atoms with Gasteiger partial charge in [-0.3, -0.25) is 0 Å². The SMILES string of the molecule is C1=CCC(C2=CC3=C(C=CCC3)CC2)=c2ccccc2=CCC(C2=CC=CC3C(C4=CC5=C(C=CCC5)CC4)=c4ccccc4=CC23)=C1. The van der Waals surface area contributed by atoms with Crippen LogP contribution in [0.2, 0.25) is 0 Å². The average Bonchev–Trinajstić information content (AvgIpc) is 3.15. The predicted octanol–water partition coefficient (Wildman–Crippen LogP) is 9.00. The fourth-order valence-corrected chi connectivity index (χ4v) is 9.21. The summed E-state index contributed by atoms with van der Waals surface area (Å²) in [6, 6.07) is 18.3. The minimum Gasteiger partial charge on any atom is -0.0839 e. The first-order chi connectivity index (χ1) is 23.8.